The van der Waals surface area contributed by atoms with Crippen LogP contribution in [0.3, 0.4) is 0 Å². The van der Waals surface area contributed by atoms with Gasteiger partial charge in [-0.05, 0) is 29.0 Å². The molecule has 0 atom stereocenters. The summed E-state index contributed by atoms with van der Waals surface area (Å²) in [5.74, 6) is 0.0655. The summed E-state index contributed by atoms with van der Waals surface area (Å²) in [6.45, 7) is 9.88. The lowest BCUT2D eigenvalue weighted by Crippen LogP contribution is -2.12. The molecule has 0 radical (unpaired) electrons. The first-order valence-corrected chi connectivity index (χ1v) is 6.43. The molecule has 0 amide bonds. The number of ether oxygens (including phenoxy) is 1. The Morgan fingerprint density at radius 1 is 1.42 bits per heavy atom. The third kappa shape index (κ3) is 4.78. The molecule has 0 spiro atoms. The molecule has 0 aliphatic rings. The van der Waals surface area contributed by atoms with Crippen molar-refractivity contribution in [2.24, 2.45) is 0 Å². The third-order valence-electron chi connectivity index (χ3n) is 2.85. The predicted molar refractivity (Wildman–Crippen MR) is 76.3 cm³/mol. The van der Waals surface area contributed by atoms with Crippen LogP contribution >= 0.6 is 0 Å². The summed E-state index contributed by atoms with van der Waals surface area (Å²) in [5.41, 5.74) is 1.80. The highest BCUT2D eigenvalue weighted by Crippen LogP contribution is 2.31. The minimum Gasteiger partial charge on any atom is -0.508 e. The molecule has 0 saturated heterocycles. The Bertz CT molecular complexity index is 456. The van der Waals surface area contributed by atoms with E-state index in [2.05, 4.69) is 6.58 Å². The Balaban J connectivity index is 2.70. The maximum absolute atomic E-state index is 11.4. The van der Waals surface area contributed by atoms with Crippen molar-refractivity contribution in [3.63, 3.8) is 0 Å². The lowest BCUT2D eigenvalue weighted by molar-refractivity contribution is -0.142. The van der Waals surface area contributed by atoms with E-state index < -0.39 is 0 Å². The number of rotatable bonds is 5. The minimum atomic E-state index is -0.231. The van der Waals surface area contributed by atoms with Crippen molar-refractivity contribution in [1.29, 1.82) is 0 Å². The summed E-state index contributed by atoms with van der Waals surface area (Å²) in [5, 5.41) is 9.86. The number of esters is 1. The molecule has 0 fully saturated rings. The molecular weight excluding hydrogens is 240 g/mol. The van der Waals surface area contributed by atoms with Gasteiger partial charge >= 0.3 is 5.97 Å². The molecule has 0 saturated carbocycles. The summed E-state index contributed by atoms with van der Waals surface area (Å²) in [6, 6.07) is 5.48. The Kier molecular flexibility index (Phi) is 5.16. The normalized spacial score (nSPS) is 11.1. The predicted octanol–water partition coefficient (Wildman–Crippen LogP) is 3.35. The first kappa shape index (κ1) is 15.3. The van der Waals surface area contributed by atoms with Crippen LogP contribution < -0.4 is 0 Å². The molecule has 104 valence electrons. The zero-order chi connectivity index (χ0) is 14.5. The van der Waals surface area contributed by atoms with Crippen LogP contribution in [0.2, 0.25) is 0 Å². The van der Waals surface area contributed by atoms with Crippen molar-refractivity contribution >= 4 is 5.97 Å². The lowest BCUT2D eigenvalue weighted by Gasteiger charge is -2.21. The Morgan fingerprint density at radius 3 is 2.68 bits per heavy atom. The van der Waals surface area contributed by atoms with Gasteiger partial charge in [0, 0.05) is 6.42 Å². The number of hydrogen-bond acceptors (Lipinski definition) is 3. The quantitative estimate of drug-likeness (QED) is 0.654. The van der Waals surface area contributed by atoms with Crippen molar-refractivity contribution in [3.8, 4) is 5.75 Å². The molecule has 19 heavy (non-hydrogen) atoms. The van der Waals surface area contributed by atoms with Crippen LogP contribution in [-0.4, -0.2) is 17.7 Å². The van der Waals surface area contributed by atoms with E-state index in [1.165, 1.54) is 0 Å². The molecule has 0 heterocycles. The first-order chi connectivity index (χ1) is 8.84. The number of aromatic hydroxyl groups is 1. The smallest absolute Gasteiger partial charge is 0.306 e. The van der Waals surface area contributed by atoms with Crippen molar-refractivity contribution in [2.75, 3.05) is 6.61 Å². The van der Waals surface area contributed by atoms with Crippen LogP contribution in [0.25, 0.3) is 0 Å². The molecule has 0 bridgehead atoms. The Hall–Kier alpha value is -1.77. The van der Waals surface area contributed by atoms with Gasteiger partial charge in [-0.15, -0.1) is 0 Å². The van der Waals surface area contributed by atoms with E-state index in [1.54, 1.807) is 12.1 Å². The number of carbonyl (C=O) groups is 1. The fourth-order valence-corrected chi connectivity index (χ4v) is 1.81. The average Bonchev–Trinajstić information content (AvgIpc) is 2.34. The van der Waals surface area contributed by atoms with Crippen LogP contribution in [0.5, 0.6) is 5.75 Å². The van der Waals surface area contributed by atoms with Gasteiger partial charge in [0.05, 0.1) is 0 Å². The molecular formula is C16H22O3. The van der Waals surface area contributed by atoms with Crippen LogP contribution in [0.15, 0.2) is 30.9 Å². The van der Waals surface area contributed by atoms with Gasteiger partial charge in [0.2, 0.25) is 0 Å². The van der Waals surface area contributed by atoms with Gasteiger partial charge in [-0.2, -0.15) is 0 Å². The molecule has 0 aliphatic carbocycles. The number of phenolic OH excluding ortho intramolecular Hbond substituents is 1. The molecule has 0 aromatic heterocycles. The molecule has 1 aromatic rings. The fourth-order valence-electron chi connectivity index (χ4n) is 1.81. The van der Waals surface area contributed by atoms with Crippen LogP contribution in [-0.2, 0) is 21.4 Å². The fraction of sp³-hybridized carbons (Fsp3) is 0.438. The van der Waals surface area contributed by atoms with Crippen molar-refractivity contribution in [2.45, 2.75) is 39.0 Å². The Morgan fingerprint density at radius 2 is 2.11 bits per heavy atom. The molecule has 0 unspecified atom stereocenters. The van der Waals surface area contributed by atoms with Crippen molar-refractivity contribution in [3.05, 3.63) is 42.0 Å². The number of hydrogen-bond donors (Lipinski definition) is 1. The molecule has 3 heteroatoms. The SMILES string of the molecule is C=CCOC(=O)CCc1ccc(O)c(C(C)(C)C)c1. The highest BCUT2D eigenvalue weighted by atomic mass is 16.5. The Labute approximate surface area is 114 Å². The zero-order valence-corrected chi connectivity index (χ0v) is 11.9. The number of carbonyl (C=O) groups excluding carboxylic acids is 1. The van der Waals surface area contributed by atoms with E-state index in [1.807, 2.05) is 32.9 Å². The van der Waals surface area contributed by atoms with Crippen LogP contribution in [0.1, 0.15) is 38.3 Å². The number of phenols is 1. The van der Waals surface area contributed by atoms with Crippen molar-refractivity contribution in [1.82, 2.24) is 0 Å². The highest BCUT2D eigenvalue weighted by molar-refractivity contribution is 5.69. The van der Waals surface area contributed by atoms with Crippen LogP contribution in [0.4, 0.5) is 0 Å². The topological polar surface area (TPSA) is 46.5 Å². The largest absolute Gasteiger partial charge is 0.508 e. The summed E-state index contributed by atoms with van der Waals surface area (Å²) < 4.78 is 4.93. The number of aryl methyl sites for hydroxylation is 1. The average molecular weight is 262 g/mol. The maximum Gasteiger partial charge on any atom is 0.306 e. The standard InChI is InChI=1S/C16H22O3/c1-5-10-19-15(18)9-7-12-6-8-14(17)13(11-12)16(2,3)4/h5-6,8,11,17H,1,7,9-10H2,2-4H3. The van der Waals surface area contributed by atoms with E-state index in [4.69, 9.17) is 4.74 Å². The molecule has 1 N–H and O–H groups in total. The van der Waals surface area contributed by atoms with Gasteiger partial charge in [-0.3, -0.25) is 4.79 Å². The van der Waals surface area contributed by atoms with Gasteiger partial charge in [0.1, 0.15) is 12.4 Å². The van der Waals surface area contributed by atoms with Gasteiger partial charge in [-0.1, -0.05) is 45.6 Å². The summed E-state index contributed by atoms with van der Waals surface area (Å²) in [4.78, 5) is 11.4. The van der Waals surface area contributed by atoms with Gasteiger partial charge in [0.15, 0.2) is 0 Å². The third-order valence-corrected chi connectivity index (χ3v) is 2.85. The second kappa shape index (κ2) is 6.41. The van der Waals surface area contributed by atoms with E-state index in [0.717, 1.165) is 11.1 Å². The van der Waals surface area contributed by atoms with Crippen LogP contribution in [0, 0.1) is 0 Å². The van der Waals surface area contributed by atoms with Gasteiger partial charge < -0.3 is 9.84 Å². The minimum absolute atomic E-state index is 0.122. The molecule has 0 aliphatic heterocycles. The monoisotopic (exact) mass is 262 g/mol. The molecule has 3 nitrogen and oxygen atoms in total. The number of benzene rings is 1. The van der Waals surface area contributed by atoms with E-state index in [0.29, 0.717) is 18.6 Å². The lowest BCUT2D eigenvalue weighted by atomic mass is 9.85. The first-order valence-electron chi connectivity index (χ1n) is 6.43. The molecule has 1 rings (SSSR count). The van der Waals surface area contributed by atoms with E-state index in [-0.39, 0.29) is 18.0 Å². The van der Waals surface area contributed by atoms with E-state index >= 15 is 0 Å². The summed E-state index contributed by atoms with van der Waals surface area (Å²) >= 11 is 0. The second-order valence-corrected chi connectivity index (χ2v) is 5.57. The van der Waals surface area contributed by atoms with Crippen molar-refractivity contribution < 1.29 is 14.6 Å². The van der Waals surface area contributed by atoms with Gasteiger partial charge in [0.25, 0.3) is 0 Å². The second-order valence-electron chi connectivity index (χ2n) is 5.57. The summed E-state index contributed by atoms with van der Waals surface area (Å²) in [6.07, 6.45) is 2.50. The maximum atomic E-state index is 11.4. The molecule has 1 aromatic carbocycles. The van der Waals surface area contributed by atoms with Gasteiger partial charge in [-0.25, -0.2) is 0 Å². The zero-order valence-electron chi connectivity index (χ0n) is 11.9. The summed E-state index contributed by atoms with van der Waals surface area (Å²) in [7, 11) is 0. The van der Waals surface area contributed by atoms with E-state index in [9.17, 15) is 9.90 Å². The highest BCUT2D eigenvalue weighted by Gasteiger charge is 2.18.